The fourth-order valence-electron chi connectivity index (χ4n) is 10.9. The molecule has 8 rings (SSSR count). The molecule has 7 fully saturated rings. The number of rotatable bonds is 5. The van der Waals surface area contributed by atoms with E-state index in [-0.39, 0.29) is 34.5 Å². The maximum Gasteiger partial charge on any atom is 0.410 e. The lowest BCUT2D eigenvalue weighted by atomic mass is 9.40. The van der Waals surface area contributed by atoms with Gasteiger partial charge in [0, 0.05) is 28.7 Å². The average Bonchev–Trinajstić information content (AvgIpc) is 3.18. The highest BCUT2D eigenvalue weighted by Crippen LogP contribution is 2.82. The number of amides is 1. The van der Waals surface area contributed by atoms with Crippen LogP contribution in [0.15, 0.2) is 42.5 Å². The van der Waals surface area contributed by atoms with Crippen LogP contribution in [0.2, 0.25) is 0 Å². The molecule has 10 atom stereocenters. The van der Waals surface area contributed by atoms with Crippen molar-refractivity contribution in [3.8, 4) is 0 Å². The van der Waals surface area contributed by atoms with E-state index in [1.165, 1.54) is 6.42 Å². The van der Waals surface area contributed by atoms with Gasteiger partial charge in [0.2, 0.25) is 0 Å². The molecule has 194 valence electrons. The summed E-state index contributed by atoms with van der Waals surface area (Å²) in [6.45, 7) is 8.56. The van der Waals surface area contributed by atoms with E-state index in [2.05, 4.69) is 34.3 Å². The second-order valence-corrected chi connectivity index (χ2v) is 13.7. The van der Waals surface area contributed by atoms with Gasteiger partial charge in [0.05, 0.1) is 18.8 Å². The van der Waals surface area contributed by atoms with Gasteiger partial charge in [0.15, 0.2) is 0 Å². The summed E-state index contributed by atoms with van der Waals surface area (Å²) in [6.07, 6.45) is 6.00. The van der Waals surface area contributed by atoms with Crippen molar-refractivity contribution in [2.24, 2.45) is 39.9 Å². The van der Waals surface area contributed by atoms with Gasteiger partial charge in [0.1, 0.15) is 6.61 Å². The lowest BCUT2D eigenvalue weighted by molar-refractivity contribution is -0.178. The monoisotopic (exact) mass is 555 g/mol. The molecule has 2 unspecified atom stereocenters. The van der Waals surface area contributed by atoms with Crippen LogP contribution in [0, 0.1) is 39.9 Å². The largest absolute Gasteiger partial charge is 0.445 e. The minimum atomic E-state index is -0.494. The normalized spacial score (nSPS) is 47.7. The minimum Gasteiger partial charge on any atom is -0.445 e. The summed E-state index contributed by atoms with van der Waals surface area (Å²) in [5.41, 5.74) is 1.89. The van der Waals surface area contributed by atoms with Crippen LogP contribution in [-0.2, 0) is 16.1 Å². The van der Waals surface area contributed by atoms with Crippen molar-refractivity contribution >= 4 is 22.0 Å². The zero-order valence-electron chi connectivity index (χ0n) is 21.2. The third kappa shape index (κ3) is 2.82. The Hall–Kier alpha value is -1.37. The molecule has 1 heterocycles. The van der Waals surface area contributed by atoms with E-state index >= 15 is 0 Å². The van der Waals surface area contributed by atoms with Crippen LogP contribution in [0.4, 0.5) is 4.79 Å². The van der Waals surface area contributed by atoms with Crippen LogP contribution >= 0.6 is 15.9 Å². The quantitative estimate of drug-likeness (QED) is 0.382. The Bertz CT molecular complexity index is 1080. The number of benzene rings is 1. The van der Waals surface area contributed by atoms with Gasteiger partial charge in [-0.15, -0.1) is 0 Å². The highest BCUT2D eigenvalue weighted by molar-refractivity contribution is 9.09. The van der Waals surface area contributed by atoms with E-state index in [1.807, 2.05) is 30.3 Å². The molecule has 0 radical (unpaired) electrons. The lowest BCUT2D eigenvalue weighted by Crippen LogP contribution is -2.65. The molecule has 6 aliphatic carbocycles. The summed E-state index contributed by atoms with van der Waals surface area (Å²) >= 11 is 3.60. The number of halogens is 1. The van der Waals surface area contributed by atoms with E-state index in [9.17, 15) is 9.90 Å². The molecule has 1 saturated heterocycles. The van der Waals surface area contributed by atoms with Crippen molar-refractivity contribution in [3.63, 3.8) is 0 Å². The molecule has 6 saturated carbocycles. The van der Waals surface area contributed by atoms with Crippen LogP contribution in [0.1, 0.15) is 51.0 Å². The number of nitrogens with zero attached hydrogens (tertiary/aromatic N) is 1. The smallest absolute Gasteiger partial charge is 0.410 e. The number of ether oxygens (including phenoxy) is 2. The number of carbonyl (C=O) groups is 1. The number of aliphatic hydroxyl groups excluding tert-OH is 1. The molecule has 6 heteroatoms. The van der Waals surface area contributed by atoms with Crippen molar-refractivity contribution in [3.05, 3.63) is 48.0 Å². The number of hydrogen-bond acceptors (Lipinski definition) is 4. The summed E-state index contributed by atoms with van der Waals surface area (Å²) in [5, 5.41) is 12.7. The first kappa shape index (κ1) is 23.7. The van der Waals surface area contributed by atoms with Gasteiger partial charge >= 0.3 is 6.09 Å². The molecule has 1 amide bonds. The second-order valence-electron chi connectivity index (χ2n) is 12.9. The Morgan fingerprint density at radius 2 is 2.03 bits per heavy atom. The zero-order chi connectivity index (χ0) is 24.9. The Morgan fingerprint density at radius 3 is 2.81 bits per heavy atom. The molecule has 1 N–H and O–H groups in total. The molecule has 36 heavy (non-hydrogen) atoms. The first-order chi connectivity index (χ1) is 17.4. The highest BCUT2D eigenvalue weighted by atomic mass is 79.9. The predicted octanol–water partition coefficient (Wildman–Crippen LogP) is 5.56. The number of hydrogen-bond donors (Lipinski definition) is 1. The van der Waals surface area contributed by atoms with Gasteiger partial charge in [0.25, 0.3) is 0 Å². The number of likely N-dealkylation sites (tertiary alicyclic amines) is 1. The Balaban J connectivity index is 1.29. The fourth-order valence-corrected chi connectivity index (χ4v) is 11.1. The molecule has 2 spiro atoms. The van der Waals surface area contributed by atoms with Crippen LogP contribution in [-0.4, -0.2) is 52.8 Å². The predicted molar refractivity (Wildman–Crippen MR) is 140 cm³/mol. The second kappa shape index (κ2) is 8.07. The van der Waals surface area contributed by atoms with Crippen molar-refractivity contribution in [1.29, 1.82) is 0 Å². The first-order valence-electron chi connectivity index (χ1n) is 13.9. The lowest BCUT2D eigenvalue weighted by Gasteiger charge is -2.65. The molecule has 7 aliphatic rings. The van der Waals surface area contributed by atoms with Gasteiger partial charge < -0.3 is 19.5 Å². The van der Waals surface area contributed by atoms with E-state index in [0.29, 0.717) is 36.9 Å². The van der Waals surface area contributed by atoms with Gasteiger partial charge in [-0.1, -0.05) is 66.2 Å². The van der Waals surface area contributed by atoms with Crippen molar-refractivity contribution in [2.75, 3.05) is 18.5 Å². The number of alkyl halides is 1. The van der Waals surface area contributed by atoms with Crippen LogP contribution in [0.3, 0.4) is 0 Å². The summed E-state index contributed by atoms with van der Waals surface area (Å²) < 4.78 is 12.7. The maximum atomic E-state index is 13.7. The zero-order valence-corrected chi connectivity index (χ0v) is 22.8. The van der Waals surface area contributed by atoms with Crippen molar-refractivity contribution in [2.45, 2.75) is 70.3 Å². The van der Waals surface area contributed by atoms with Crippen LogP contribution in [0.5, 0.6) is 0 Å². The molecule has 1 aliphatic heterocycles. The molecule has 1 aromatic carbocycles. The number of fused-ring (bicyclic) bond motifs is 1. The van der Waals surface area contributed by atoms with Gasteiger partial charge in [-0.25, -0.2) is 4.79 Å². The third-order valence-electron chi connectivity index (χ3n) is 11.7. The maximum absolute atomic E-state index is 13.7. The average molecular weight is 557 g/mol. The Kier molecular flexibility index (Phi) is 5.32. The first-order valence-corrected chi connectivity index (χ1v) is 15.0. The topological polar surface area (TPSA) is 59.0 Å². The fraction of sp³-hybridized carbons (Fsp3) is 0.700. The number of carbonyl (C=O) groups excluding carboxylic acids is 1. The van der Waals surface area contributed by atoms with Gasteiger partial charge in [-0.2, -0.15) is 0 Å². The van der Waals surface area contributed by atoms with E-state index in [4.69, 9.17) is 9.47 Å². The van der Waals surface area contributed by atoms with E-state index in [1.54, 1.807) is 0 Å². The molecule has 1 aromatic rings. The number of aliphatic hydroxyl groups is 1. The summed E-state index contributed by atoms with van der Waals surface area (Å²) in [4.78, 5) is 15.7. The third-order valence-corrected chi connectivity index (χ3v) is 12.0. The molecular weight excluding hydrogens is 518 g/mol. The minimum absolute atomic E-state index is 0.0215. The molecule has 0 aromatic heterocycles. The van der Waals surface area contributed by atoms with Crippen LogP contribution < -0.4 is 0 Å². The van der Waals surface area contributed by atoms with Crippen LogP contribution in [0.25, 0.3) is 0 Å². The van der Waals surface area contributed by atoms with Crippen molar-refractivity contribution < 1.29 is 19.4 Å². The summed E-state index contributed by atoms with van der Waals surface area (Å²) in [7, 11) is 0. The summed E-state index contributed by atoms with van der Waals surface area (Å²) in [5.74, 6) is 1.60. The van der Waals surface area contributed by atoms with E-state index < -0.39 is 6.10 Å². The van der Waals surface area contributed by atoms with E-state index in [0.717, 1.165) is 55.1 Å². The molecular formula is C30H38BrNO4. The van der Waals surface area contributed by atoms with Crippen molar-refractivity contribution in [1.82, 2.24) is 4.90 Å². The summed E-state index contributed by atoms with van der Waals surface area (Å²) in [6, 6.07) is 10.0. The molecule has 5 nitrogen and oxygen atoms in total. The van der Waals surface area contributed by atoms with Gasteiger partial charge in [-0.05, 0) is 72.3 Å². The molecule has 5 bridgehead atoms. The SMILES string of the molecule is C=C1[C@H]2CC3C(OCCBr)[C@]45CCC[C@@]6(C)CN(C(=O)OCc7ccccc7)[C@@H](C[C@@]3([C@H]4C2)[C@H]1O)[C@H]65. The van der Waals surface area contributed by atoms with Gasteiger partial charge in [-0.3, -0.25) is 0 Å². The highest BCUT2D eigenvalue weighted by Gasteiger charge is 2.83. The standard InChI is InChI=1S/C30H38BrNO4/c1-18-20-13-21-26(35-12-11-31)29-10-6-9-28(2)17-32(27(34)36-16-19-7-4-3-5-8-19)22(24(28)29)15-30(21,25(18)33)23(29)14-20/h3-5,7-8,20-26,33H,1,6,9-17H2,2H3/t20-,21?,22-,23-,24+,25-,26?,28-,29+,30+/m0/s1. The Morgan fingerprint density at radius 1 is 1.22 bits per heavy atom. The Labute approximate surface area is 222 Å².